The number of benzene rings is 3. The Morgan fingerprint density at radius 2 is 1.81 bits per heavy atom. The number of methoxy groups -OCH3 is 1. The van der Waals surface area contributed by atoms with Crippen LogP contribution in [0.5, 0.6) is 11.5 Å². The predicted octanol–water partition coefficient (Wildman–Crippen LogP) is 5.04. The number of amides is 2. The van der Waals surface area contributed by atoms with Crippen LogP contribution in [0.1, 0.15) is 35.4 Å². The molecule has 3 aromatic carbocycles. The average molecular weight is 500 g/mol. The van der Waals surface area contributed by atoms with Crippen molar-refractivity contribution in [2.24, 2.45) is 0 Å². The second-order valence-electron chi connectivity index (χ2n) is 9.47. The van der Waals surface area contributed by atoms with Crippen molar-refractivity contribution in [2.45, 2.75) is 24.8 Å². The van der Waals surface area contributed by atoms with Gasteiger partial charge in [-0.05, 0) is 73.5 Å². The lowest BCUT2D eigenvalue weighted by Gasteiger charge is -2.30. The van der Waals surface area contributed by atoms with Gasteiger partial charge in [0, 0.05) is 42.8 Å². The summed E-state index contributed by atoms with van der Waals surface area (Å²) in [5.41, 5.74) is 2.92. The van der Waals surface area contributed by atoms with E-state index in [4.69, 9.17) is 4.74 Å². The number of urea groups is 1. The van der Waals surface area contributed by atoms with E-state index in [0.29, 0.717) is 12.5 Å². The lowest BCUT2D eigenvalue weighted by molar-refractivity contribution is 0.197. The minimum atomic E-state index is -0.702. The molecule has 2 amide bonds. The fraction of sp³-hybridized carbons (Fsp3) is 0.300. The molecule has 2 saturated heterocycles. The zero-order valence-corrected chi connectivity index (χ0v) is 20.8. The van der Waals surface area contributed by atoms with E-state index in [1.54, 1.807) is 19.2 Å². The Labute approximate surface area is 216 Å². The maximum atomic E-state index is 14.0. The second-order valence-corrected chi connectivity index (χ2v) is 9.47. The zero-order valence-electron chi connectivity index (χ0n) is 20.8. The molecular weight excluding hydrogens is 469 g/mol. The van der Waals surface area contributed by atoms with E-state index < -0.39 is 11.6 Å². The summed E-state index contributed by atoms with van der Waals surface area (Å²) >= 11 is 0. The first-order chi connectivity index (χ1) is 18.0. The van der Waals surface area contributed by atoms with Gasteiger partial charge < -0.3 is 20.1 Å². The molecule has 2 aliphatic rings. The third kappa shape index (κ3) is 5.55. The summed E-state index contributed by atoms with van der Waals surface area (Å²) in [5.74, 6) is 5.76. The molecule has 0 radical (unpaired) electrons. The van der Waals surface area contributed by atoms with Crippen LogP contribution in [0.3, 0.4) is 0 Å². The molecule has 0 unspecified atom stereocenters. The number of fused-ring (bicyclic) bond motifs is 1. The summed E-state index contributed by atoms with van der Waals surface area (Å²) in [6.45, 7) is 3.39. The number of nitrogens with one attached hydrogen (secondary N) is 1. The molecule has 2 heterocycles. The van der Waals surface area contributed by atoms with Crippen LogP contribution in [0.2, 0.25) is 0 Å². The van der Waals surface area contributed by atoms with Gasteiger partial charge >= 0.3 is 6.03 Å². The van der Waals surface area contributed by atoms with Crippen molar-refractivity contribution in [3.05, 3.63) is 89.2 Å². The molecule has 0 saturated carbocycles. The van der Waals surface area contributed by atoms with Crippen LogP contribution in [0.4, 0.5) is 14.9 Å². The number of phenolic OH excluding ortho intramolecular Hbond substituents is 1. The highest BCUT2D eigenvalue weighted by Crippen LogP contribution is 2.35. The van der Waals surface area contributed by atoms with Gasteiger partial charge in [0.05, 0.1) is 12.7 Å². The summed E-state index contributed by atoms with van der Waals surface area (Å²) in [6.07, 6.45) is 1.98. The molecule has 0 aromatic heterocycles. The highest BCUT2D eigenvalue weighted by Gasteiger charge is 2.38. The molecule has 2 atom stereocenters. The van der Waals surface area contributed by atoms with Crippen molar-refractivity contribution in [1.82, 2.24) is 9.80 Å². The summed E-state index contributed by atoms with van der Waals surface area (Å²) in [4.78, 5) is 17.5. The molecule has 0 spiro atoms. The number of carbonyl (C=O) groups excluding carboxylic acids is 1. The van der Waals surface area contributed by atoms with Crippen LogP contribution < -0.4 is 10.1 Å². The zero-order chi connectivity index (χ0) is 25.8. The number of aromatic hydroxyl groups is 1. The van der Waals surface area contributed by atoms with Crippen LogP contribution in [0.25, 0.3) is 0 Å². The number of halogens is 1. The van der Waals surface area contributed by atoms with Crippen molar-refractivity contribution >= 4 is 11.7 Å². The highest BCUT2D eigenvalue weighted by atomic mass is 19.1. The van der Waals surface area contributed by atoms with Gasteiger partial charge in [-0.1, -0.05) is 30.0 Å². The topological polar surface area (TPSA) is 65.0 Å². The summed E-state index contributed by atoms with van der Waals surface area (Å²) in [6, 6.07) is 20.0. The molecule has 0 aliphatic carbocycles. The van der Waals surface area contributed by atoms with Gasteiger partial charge in [0.2, 0.25) is 0 Å². The number of rotatable bonds is 3. The molecule has 37 heavy (non-hydrogen) atoms. The van der Waals surface area contributed by atoms with Crippen LogP contribution in [-0.4, -0.2) is 60.3 Å². The Morgan fingerprint density at radius 1 is 1.03 bits per heavy atom. The normalized spacial score (nSPS) is 19.4. The standard InChI is InChI=1S/C30H30FN3O3/c1-37-25-14-12-24(13-15-25)32-30(36)34-18-3-17-33-19-16-26(27(33)20-34)22-9-6-21(7-10-22)8-11-23-4-2-5-28(35)29(23)31/h2,4-7,9-10,12-15,26-27,35H,3,16-20H2,1H3,(H,32,36)/t26-,27+/m1/s1. The Morgan fingerprint density at radius 3 is 2.57 bits per heavy atom. The van der Waals surface area contributed by atoms with Crippen molar-refractivity contribution in [2.75, 3.05) is 38.6 Å². The first kappa shape index (κ1) is 24.7. The van der Waals surface area contributed by atoms with Crippen LogP contribution in [-0.2, 0) is 0 Å². The minimum Gasteiger partial charge on any atom is -0.505 e. The van der Waals surface area contributed by atoms with Gasteiger partial charge in [-0.2, -0.15) is 0 Å². The number of ether oxygens (including phenoxy) is 1. The van der Waals surface area contributed by atoms with E-state index in [1.807, 2.05) is 41.3 Å². The summed E-state index contributed by atoms with van der Waals surface area (Å²) in [5, 5.41) is 12.6. The Kier molecular flexibility index (Phi) is 7.29. The Bertz CT molecular complexity index is 1310. The molecule has 6 nitrogen and oxygen atoms in total. The lowest BCUT2D eigenvalue weighted by Crippen LogP contribution is -2.43. The van der Waals surface area contributed by atoms with Crippen molar-refractivity contribution < 1.29 is 19.0 Å². The molecule has 190 valence electrons. The van der Waals surface area contributed by atoms with Crippen LogP contribution >= 0.6 is 0 Å². The number of hydrogen-bond donors (Lipinski definition) is 2. The number of nitrogens with zero attached hydrogens (tertiary/aromatic N) is 2. The fourth-order valence-corrected chi connectivity index (χ4v) is 5.24. The molecule has 2 fully saturated rings. The monoisotopic (exact) mass is 499 g/mol. The van der Waals surface area contributed by atoms with Gasteiger partial charge in [0.1, 0.15) is 5.75 Å². The number of hydrogen-bond acceptors (Lipinski definition) is 4. The smallest absolute Gasteiger partial charge is 0.321 e. The maximum Gasteiger partial charge on any atom is 0.321 e. The van der Waals surface area contributed by atoms with E-state index in [-0.39, 0.29) is 17.6 Å². The van der Waals surface area contributed by atoms with E-state index in [0.717, 1.165) is 49.5 Å². The van der Waals surface area contributed by atoms with Gasteiger partial charge in [-0.25, -0.2) is 9.18 Å². The number of anilines is 1. The van der Waals surface area contributed by atoms with Gasteiger partial charge in [0.15, 0.2) is 11.6 Å². The van der Waals surface area contributed by atoms with E-state index in [9.17, 15) is 14.3 Å². The quantitative estimate of drug-likeness (QED) is 0.496. The van der Waals surface area contributed by atoms with Crippen LogP contribution in [0, 0.1) is 17.7 Å². The highest BCUT2D eigenvalue weighted by molar-refractivity contribution is 5.89. The predicted molar refractivity (Wildman–Crippen MR) is 141 cm³/mol. The number of carbonyl (C=O) groups is 1. The molecule has 2 aliphatic heterocycles. The molecule has 3 aromatic rings. The van der Waals surface area contributed by atoms with Gasteiger partial charge in [-0.15, -0.1) is 0 Å². The Hall–Kier alpha value is -4.02. The second kappa shape index (κ2) is 10.9. The SMILES string of the molecule is COc1ccc(NC(=O)N2CCCN3CC[C@H](c4ccc(C#Cc5cccc(O)c5F)cc4)[C@@H]3C2)cc1. The molecule has 2 N–H and O–H groups in total. The average Bonchev–Trinajstić information content (AvgIpc) is 3.19. The molecule has 7 heteroatoms. The summed E-state index contributed by atoms with van der Waals surface area (Å²) < 4.78 is 19.2. The van der Waals surface area contributed by atoms with Crippen molar-refractivity contribution in [3.8, 4) is 23.3 Å². The third-order valence-corrected chi connectivity index (χ3v) is 7.23. The van der Waals surface area contributed by atoms with E-state index in [1.165, 1.54) is 11.6 Å². The maximum absolute atomic E-state index is 14.0. The van der Waals surface area contributed by atoms with Crippen LogP contribution in [0.15, 0.2) is 66.7 Å². The van der Waals surface area contributed by atoms with E-state index in [2.05, 4.69) is 34.2 Å². The molecule has 0 bridgehead atoms. The minimum absolute atomic E-state index is 0.0810. The largest absolute Gasteiger partial charge is 0.505 e. The fourth-order valence-electron chi connectivity index (χ4n) is 5.24. The molecule has 5 rings (SSSR count). The Balaban J connectivity index is 1.27. The van der Waals surface area contributed by atoms with Gasteiger partial charge in [0.25, 0.3) is 0 Å². The first-order valence-corrected chi connectivity index (χ1v) is 12.6. The van der Waals surface area contributed by atoms with Crippen molar-refractivity contribution in [1.29, 1.82) is 0 Å². The number of phenols is 1. The third-order valence-electron chi connectivity index (χ3n) is 7.23. The van der Waals surface area contributed by atoms with E-state index >= 15 is 0 Å². The van der Waals surface area contributed by atoms with Crippen molar-refractivity contribution in [3.63, 3.8) is 0 Å². The molecular formula is C30H30FN3O3. The first-order valence-electron chi connectivity index (χ1n) is 12.6. The summed E-state index contributed by atoms with van der Waals surface area (Å²) in [7, 11) is 1.62. The van der Waals surface area contributed by atoms with Gasteiger partial charge in [-0.3, -0.25) is 4.90 Å². The lowest BCUT2D eigenvalue weighted by atomic mass is 9.91.